The van der Waals surface area contributed by atoms with Gasteiger partial charge in [-0.2, -0.15) is 5.10 Å². The molecule has 0 aromatic carbocycles. The van der Waals surface area contributed by atoms with E-state index >= 15 is 0 Å². The number of rotatable bonds is 3. The average molecular weight is 200 g/mol. The van der Waals surface area contributed by atoms with Gasteiger partial charge in [0.2, 0.25) is 0 Å². The van der Waals surface area contributed by atoms with Crippen LogP contribution >= 0.6 is 0 Å². The van der Waals surface area contributed by atoms with Gasteiger partial charge in [-0.1, -0.05) is 0 Å². The van der Waals surface area contributed by atoms with Gasteiger partial charge in [0.15, 0.2) is 5.82 Å². The Balaban J connectivity index is 2.92. The fourth-order valence-electron chi connectivity index (χ4n) is 1.04. The predicted molar refractivity (Wildman–Crippen MR) is 50.6 cm³/mol. The molecular weight excluding hydrogens is 187 g/mol. The first-order valence-corrected chi connectivity index (χ1v) is 4.16. The molecule has 14 heavy (non-hydrogen) atoms. The van der Waals surface area contributed by atoms with Gasteiger partial charge in [0.1, 0.15) is 12.2 Å². The zero-order valence-electron chi connectivity index (χ0n) is 8.20. The summed E-state index contributed by atoms with van der Waals surface area (Å²) in [7, 11) is 3.24. The molecule has 6 heteroatoms. The van der Waals surface area contributed by atoms with E-state index in [0.29, 0.717) is 5.56 Å². The molecule has 5 nitrogen and oxygen atoms in total. The van der Waals surface area contributed by atoms with Crippen LogP contribution in [0, 0.1) is 0 Å². The van der Waals surface area contributed by atoms with Crippen LogP contribution in [0.15, 0.2) is 6.20 Å². The Labute approximate surface area is 81.3 Å². The molecule has 1 aromatic heterocycles. The first kappa shape index (κ1) is 10.5. The molecule has 0 atom stereocenters. The van der Waals surface area contributed by atoms with Crippen LogP contribution in [0.2, 0.25) is 0 Å². The van der Waals surface area contributed by atoms with Gasteiger partial charge in [-0.05, 0) is 0 Å². The van der Waals surface area contributed by atoms with Gasteiger partial charge in [0.05, 0.1) is 6.54 Å². The van der Waals surface area contributed by atoms with Gasteiger partial charge in [-0.25, -0.2) is 4.39 Å². The maximum atomic E-state index is 12.0. The van der Waals surface area contributed by atoms with Crippen molar-refractivity contribution in [3.8, 4) is 0 Å². The number of carbonyl (C=O) groups is 1. The summed E-state index contributed by atoms with van der Waals surface area (Å²) in [4.78, 5) is 12.9. The number of nitrogens with zero attached hydrogens (tertiary/aromatic N) is 3. The van der Waals surface area contributed by atoms with Crippen molar-refractivity contribution in [2.45, 2.75) is 6.54 Å². The molecule has 0 fully saturated rings. The molecule has 0 aliphatic heterocycles. The Hall–Kier alpha value is -1.59. The minimum atomic E-state index is -0.531. The molecule has 78 valence electrons. The largest absolute Gasteiger partial charge is 0.382 e. The third-order valence-electron chi connectivity index (χ3n) is 1.74. The monoisotopic (exact) mass is 200 g/mol. The molecule has 1 heterocycles. The fourth-order valence-corrected chi connectivity index (χ4v) is 1.04. The lowest BCUT2D eigenvalue weighted by molar-refractivity contribution is 0.0828. The summed E-state index contributed by atoms with van der Waals surface area (Å²) in [5, 5.41) is 3.81. The van der Waals surface area contributed by atoms with Crippen molar-refractivity contribution in [1.82, 2.24) is 14.7 Å². The van der Waals surface area contributed by atoms with E-state index in [0.717, 1.165) is 0 Å². The number of aromatic nitrogens is 2. The van der Waals surface area contributed by atoms with Crippen LogP contribution in [0.3, 0.4) is 0 Å². The van der Waals surface area contributed by atoms with Crippen molar-refractivity contribution in [2.75, 3.05) is 26.5 Å². The Kier molecular flexibility index (Phi) is 3.06. The molecule has 0 saturated carbocycles. The van der Waals surface area contributed by atoms with E-state index in [1.54, 1.807) is 14.1 Å². The summed E-state index contributed by atoms with van der Waals surface area (Å²) in [5.41, 5.74) is 5.82. The van der Waals surface area contributed by atoms with Crippen molar-refractivity contribution < 1.29 is 9.18 Å². The first-order valence-electron chi connectivity index (χ1n) is 4.16. The lowest BCUT2D eigenvalue weighted by atomic mass is 10.3. The number of nitrogen functional groups attached to an aromatic ring is 1. The van der Waals surface area contributed by atoms with E-state index in [2.05, 4.69) is 5.10 Å². The minimum absolute atomic E-state index is 0.116. The topological polar surface area (TPSA) is 64.2 Å². The quantitative estimate of drug-likeness (QED) is 0.754. The van der Waals surface area contributed by atoms with E-state index in [-0.39, 0.29) is 18.3 Å². The smallest absolute Gasteiger partial charge is 0.258 e. The predicted octanol–water partition coefficient (Wildman–Crippen LogP) is 0.137. The average Bonchev–Trinajstić information content (AvgIpc) is 2.46. The van der Waals surface area contributed by atoms with Crippen LogP contribution < -0.4 is 5.73 Å². The van der Waals surface area contributed by atoms with Crippen molar-refractivity contribution in [1.29, 1.82) is 0 Å². The van der Waals surface area contributed by atoms with Crippen LogP contribution in [0.25, 0.3) is 0 Å². The number of anilines is 1. The Morgan fingerprint density at radius 2 is 2.36 bits per heavy atom. The van der Waals surface area contributed by atoms with Gasteiger partial charge in [0, 0.05) is 20.3 Å². The molecule has 0 radical (unpaired) electrons. The molecule has 1 amide bonds. The number of hydrogen-bond donors (Lipinski definition) is 1. The van der Waals surface area contributed by atoms with Crippen LogP contribution in [0.4, 0.5) is 10.2 Å². The van der Waals surface area contributed by atoms with Crippen molar-refractivity contribution in [3.63, 3.8) is 0 Å². The highest BCUT2D eigenvalue weighted by molar-refractivity contribution is 5.97. The van der Waals surface area contributed by atoms with Gasteiger partial charge in [0.25, 0.3) is 5.91 Å². The van der Waals surface area contributed by atoms with Gasteiger partial charge in [-0.15, -0.1) is 0 Å². The van der Waals surface area contributed by atoms with Crippen molar-refractivity contribution in [2.24, 2.45) is 0 Å². The lowest BCUT2D eigenvalue weighted by Gasteiger charge is -2.07. The molecule has 1 rings (SSSR count). The third kappa shape index (κ3) is 2.01. The second-order valence-electron chi connectivity index (χ2n) is 3.08. The Morgan fingerprint density at radius 1 is 1.71 bits per heavy atom. The molecule has 0 bridgehead atoms. The molecule has 1 aromatic rings. The summed E-state index contributed by atoms with van der Waals surface area (Å²) in [6.45, 7) is -0.415. The Bertz CT molecular complexity index is 334. The SMILES string of the molecule is CN(C)C(=O)c1cn(CCF)nc1N. The van der Waals surface area contributed by atoms with Gasteiger partial charge in [-0.3, -0.25) is 9.48 Å². The van der Waals surface area contributed by atoms with E-state index < -0.39 is 6.67 Å². The second-order valence-corrected chi connectivity index (χ2v) is 3.08. The highest BCUT2D eigenvalue weighted by atomic mass is 19.1. The van der Waals surface area contributed by atoms with E-state index in [4.69, 9.17) is 5.73 Å². The van der Waals surface area contributed by atoms with Crippen molar-refractivity contribution >= 4 is 11.7 Å². The highest BCUT2D eigenvalue weighted by Crippen LogP contribution is 2.10. The zero-order valence-corrected chi connectivity index (χ0v) is 8.20. The standard InChI is InChI=1S/C8H13FN4O/c1-12(2)8(14)6-5-13(4-3-9)11-7(6)10/h5H,3-4H2,1-2H3,(H2,10,11). The van der Waals surface area contributed by atoms with Crippen molar-refractivity contribution in [3.05, 3.63) is 11.8 Å². The van der Waals surface area contributed by atoms with E-state index in [9.17, 15) is 9.18 Å². The lowest BCUT2D eigenvalue weighted by Crippen LogP contribution is -2.22. The molecule has 0 aliphatic carbocycles. The van der Waals surface area contributed by atoms with E-state index in [1.807, 2.05) is 0 Å². The highest BCUT2D eigenvalue weighted by Gasteiger charge is 2.15. The normalized spacial score (nSPS) is 10.2. The maximum Gasteiger partial charge on any atom is 0.258 e. The summed E-state index contributed by atoms with van der Waals surface area (Å²) in [5.74, 6) is -0.0928. The summed E-state index contributed by atoms with van der Waals surface area (Å²) < 4.78 is 13.3. The number of hydrogen-bond acceptors (Lipinski definition) is 3. The summed E-state index contributed by atoms with van der Waals surface area (Å²) in [6.07, 6.45) is 1.46. The number of nitrogens with two attached hydrogens (primary N) is 1. The van der Waals surface area contributed by atoms with Gasteiger partial charge >= 0.3 is 0 Å². The molecule has 0 spiro atoms. The number of carbonyl (C=O) groups excluding carboxylic acids is 1. The zero-order chi connectivity index (χ0) is 10.7. The third-order valence-corrected chi connectivity index (χ3v) is 1.74. The number of aryl methyl sites for hydroxylation is 1. The van der Waals surface area contributed by atoms with Crippen LogP contribution in [-0.2, 0) is 6.54 Å². The number of amides is 1. The van der Waals surface area contributed by atoms with Crippen LogP contribution in [0.5, 0.6) is 0 Å². The molecular formula is C8H13FN4O. The fraction of sp³-hybridized carbons (Fsp3) is 0.500. The molecule has 0 unspecified atom stereocenters. The second kappa shape index (κ2) is 4.08. The van der Waals surface area contributed by atoms with E-state index in [1.165, 1.54) is 15.8 Å². The summed E-state index contributed by atoms with van der Waals surface area (Å²) >= 11 is 0. The van der Waals surface area contributed by atoms with Crippen LogP contribution in [-0.4, -0.2) is 41.4 Å². The van der Waals surface area contributed by atoms with Crippen LogP contribution in [0.1, 0.15) is 10.4 Å². The maximum absolute atomic E-state index is 12.0. The Morgan fingerprint density at radius 3 is 2.86 bits per heavy atom. The molecule has 0 aliphatic rings. The summed E-state index contributed by atoms with van der Waals surface area (Å²) in [6, 6.07) is 0. The molecule has 0 saturated heterocycles. The number of alkyl halides is 1. The van der Waals surface area contributed by atoms with Gasteiger partial charge < -0.3 is 10.6 Å². The number of halogens is 1. The minimum Gasteiger partial charge on any atom is -0.382 e. The molecule has 2 N–H and O–H groups in total. The first-order chi connectivity index (χ1) is 6.56.